The van der Waals surface area contributed by atoms with Crippen LogP contribution in [0.3, 0.4) is 0 Å². The number of alkyl halides is 1. The predicted molar refractivity (Wildman–Crippen MR) is 88.9 cm³/mol. The lowest BCUT2D eigenvalue weighted by molar-refractivity contribution is 0.655. The largest absolute Gasteiger partial charge is 0.271 e. The number of aryl methyl sites for hydroxylation is 2. The molecule has 1 heterocycles. The Kier molecular flexibility index (Phi) is 5.53. The first-order chi connectivity index (χ1) is 9.56. The van der Waals surface area contributed by atoms with Crippen LogP contribution in [0.15, 0.2) is 28.7 Å². The molecule has 5 heteroatoms. The van der Waals surface area contributed by atoms with Crippen LogP contribution in [0.5, 0.6) is 0 Å². The zero-order valence-corrected chi connectivity index (χ0v) is 14.6. The van der Waals surface area contributed by atoms with E-state index >= 15 is 0 Å². The lowest BCUT2D eigenvalue weighted by atomic mass is 9.96. The van der Waals surface area contributed by atoms with Crippen LogP contribution < -0.4 is 0 Å². The minimum absolute atomic E-state index is 0.238. The summed E-state index contributed by atoms with van der Waals surface area (Å²) < 4.78 is 2.95. The zero-order chi connectivity index (χ0) is 14.7. The molecule has 0 aliphatic rings. The van der Waals surface area contributed by atoms with Gasteiger partial charge in [0.1, 0.15) is 0 Å². The normalized spacial score (nSPS) is 12.7. The Morgan fingerprint density at radius 2 is 1.95 bits per heavy atom. The maximum absolute atomic E-state index is 6.41. The molecule has 0 N–H and O–H groups in total. The fourth-order valence-corrected chi connectivity index (χ4v) is 3.19. The maximum Gasteiger partial charge on any atom is 0.0849 e. The molecular formula is C15H17BrCl2N2. The van der Waals surface area contributed by atoms with E-state index in [-0.39, 0.29) is 5.92 Å². The van der Waals surface area contributed by atoms with Crippen LogP contribution in [-0.2, 0) is 19.9 Å². The van der Waals surface area contributed by atoms with Gasteiger partial charge in [0.25, 0.3) is 0 Å². The third-order valence-corrected chi connectivity index (χ3v) is 4.81. The predicted octanol–water partition coefficient (Wildman–Crippen LogP) is 4.96. The lowest BCUT2D eigenvalue weighted by Gasteiger charge is -2.15. The van der Waals surface area contributed by atoms with E-state index in [2.05, 4.69) is 40.1 Å². The Morgan fingerprint density at radius 3 is 2.45 bits per heavy atom. The van der Waals surface area contributed by atoms with Crippen LogP contribution in [0.25, 0.3) is 0 Å². The van der Waals surface area contributed by atoms with Crippen molar-refractivity contribution < 1.29 is 0 Å². The molecule has 0 fully saturated rings. The third kappa shape index (κ3) is 3.38. The van der Waals surface area contributed by atoms with E-state index < -0.39 is 0 Å². The van der Waals surface area contributed by atoms with Crippen LogP contribution in [0.4, 0.5) is 0 Å². The van der Waals surface area contributed by atoms with Crippen LogP contribution in [0.2, 0.25) is 5.02 Å². The molecule has 1 aromatic carbocycles. The van der Waals surface area contributed by atoms with Crippen molar-refractivity contribution in [3.05, 3.63) is 50.7 Å². The van der Waals surface area contributed by atoms with Gasteiger partial charge in [-0.15, -0.1) is 11.6 Å². The molecule has 0 amide bonds. The summed E-state index contributed by atoms with van der Waals surface area (Å²) in [7, 11) is 1.94. The molecule has 108 valence electrons. The number of aromatic nitrogens is 2. The van der Waals surface area contributed by atoms with E-state index in [0.717, 1.165) is 33.7 Å². The highest BCUT2D eigenvalue weighted by molar-refractivity contribution is 9.10. The van der Waals surface area contributed by atoms with E-state index in [9.17, 15) is 0 Å². The topological polar surface area (TPSA) is 17.8 Å². The van der Waals surface area contributed by atoms with Crippen LogP contribution in [-0.4, -0.2) is 15.7 Å². The van der Waals surface area contributed by atoms with E-state index in [1.54, 1.807) is 0 Å². The molecule has 0 radical (unpaired) electrons. The summed E-state index contributed by atoms with van der Waals surface area (Å²) in [5, 5.41) is 5.24. The average molecular weight is 376 g/mol. The second-order valence-corrected chi connectivity index (χ2v) is 6.39. The molecule has 0 bridgehead atoms. The van der Waals surface area contributed by atoms with Crippen LogP contribution in [0, 0.1) is 0 Å². The van der Waals surface area contributed by atoms with Gasteiger partial charge < -0.3 is 0 Å². The van der Waals surface area contributed by atoms with Gasteiger partial charge in [-0.3, -0.25) is 4.68 Å². The van der Waals surface area contributed by atoms with E-state index in [1.807, 2.05) is 23.9 Å². The Bertz CT molecular complexity index is 578. The SMILES string of the molecule is CCc1nn(C)c(CC(CCl)c2ccc(Br)cc2)c1Cl. The minimum atomic E-state index is 0.238. The van der Waals surface area contributed by atoms with Crippen molar-refractivity contribution in [1.29, 1.82) is 0 Å². The smallest absolute Gasteiger partial charge is 0.0849 e. The summed E-state index contributed by atoms with van der Waals surface area (Å²) in [6, 6.07) is 8.28. The first-order valence-electron chi connectivity index (χ1n) is 6.58. The Balaban J connectivity index is 2.26. The number of hydrogen-bond donors (Lipinski definition) is 0. The molecule has 2 rings (SSSR count). The summed E-state index contributed by atoms with van der Waals surface area (Å²) in [5.74, 6) is 0.798. The number of nitrogens with zero attached hydrogens (tertiary/aromatic N) is 2. The van der Waals surface area contributed by atoms with Gasteiger partial charge in [0.15, 0.2) is 0 Å². The molecule has 0 aliphatic carbocycles. The van der Waals surface area contributed by atoms with Crippen LogP contribution in [0.1, 0.15) is 29.8 Å². The number of rotatable bonds is 5. The first kappa shape index (κ1) is 15.9. The minimum Gasteiger partial charge on any atom is -0.271 e. The molecular weight excluding hydrogens is 359 g/mol. The number of halogens is 3. The number of benzene rings is 1. The standard InChI is InChI=1S/C15H17BrCl2N2/c1-3-13-15(18)14(20(2)19-13)8-11(9-17)10-4-6-12(16)7-5-10/h4-7,11H,3,8-9H2,1-2H3. The first-order valence-corrected chi connectivity index (χ1v) is 8.29. The molecule has 1 unspecified atom stereocenters. The van der Waals surface area contributed by atoms with E-state index in [1.165, 1.54) is 5.56 Å². The van der Waals surface area contributed by atoms with E-state index in [4.69, 9.17) is 23.2 Å². The van der Waals surface area contributed by atoms with Gasteiger partial charge in [-0.2, -0.15) is 5.10 Å². The molecule has 2 nitrogen and oxygen atoms in total. The van der Waals surface area contributed by atoms with Crippen molar-refractivity contribution in [2.45, 2.75) is 25.7 Å². The summed E-state index contributed by atoms with van der Waals surface area (Å²) >= 11 is 16.0. The quantitative estimate of drug-likeness (QED) is 0.675. The lowest BCUT2D eigenvalue weighted by Crippen LogP contribution is -2.09. The summed E-state index contributed by atoms with van der Waals surface area (Å²) in [6.45, 7) is 2.06. The van der Waals surface area contributed by atoms with Gasteiger partial charge in [-0.25, -0.2) is 0 Å². The summed E-state index contributed by atoms with van der Waals surface area (Å²) in [5.41, 5.74) is 3.23. The van der Waals surface area contributed by atoms with Gasteiger partial charge in [-0.05, 0) is 30.5 Å². The molecule has 0 aliphatic heterocycles. The van der Waals surface area contributed by atoms with Crippen molar-refractivity contribution in [3.8, 4) is 0 Å². The molecule has 2 aromatic rings. The van der Waals surface area contributed by atoms with Crippen molar-refractivity contribution in [1.82, 2.24) is 9.78 Å². The molecule has 1 atom stereocenters. The fourth-order valence-electron chi connectivity index (χ4n) is 2.27. The van der Waals surface area contributed by atoms with Crippen LogP contribution >= 0.6 is 39.1 Å². The molecule has 0 spiro atoms. The maximum atomic E-state index is 6.41. The third-order valence-electron chi connectivity index (χ3n) is 3.47. The fraction of sp³-hybridized carbons (Fsp3) is 0.400. The van der Waals surface area contributed by atoms with Crippen molar-refractivity contribution in [2.75, 3.05) is 5.88 Å². The molecule has 20 heavy (non-hydrogen) atoms. The monoisotopic (exact) mass is 374 g/mol. The highest BCUT2D eigenvalue weighted by Gasteiger charge is 2.18. The van der Waals surface area contributed by atoms with E-state index in [0.29, 0.717) is 5.88 Å². The molecule has 0 saturated heterocycles. The highest BCUT2D eigenvalue weighted by atomic mass is 79.9. The molecule has 0 saturated carbocycles. The van der Waals surface area contributed by atoms with Crippen molar-refractivity contribution >= 4 is 39.1 Å². The van der Waals surface area contributed by atoms with Crippen molar-refractivity contribution in [2.24, 2.45) is 7.05 Å². The Hall–Kier alpha value is -0.510. The summed E-state index contributed by atoms with van der Waals surface area (Å²) in [6.07, 6.45) is 1.64. The van der Waals surface area contributed by atoms with Gasteiger partial charge in [0.05, 0.1) is 16.4 Å². The Labute approximate surface area is 138 Å². The molecule has 1 aromatic heterocycles. The van der Waals surface area contributed by atoms with Gasteiger partial charge in [-0.1, -0.05) is 46.6 Å². The van der Waals surface area contributed by atoms with Gasteiger partial charge in [0, 0.05) is 23.3 Å². The highest BCUT2D eigenvalue weighted by Crippen LogP contribution is 2.29. The van der Waals surface area contributed by atoms with Crippen molar-refractivity contribution in [3.63, 3.8) is 0 Å². The average Bonchev–Trinajstić information content (AvgIpc) is 2.72. The second-order valence-electron chi connectivity index (χ2n) is 4.79. The Morgan fingerprint density at radius 1 is 1.30 bits per heavy atom. The number of hydrogen-bond acceptors (Lipinski definition) is 1. The van der Waals surface area contributed by atoms with Gasteiger partial charge in [0.2, 0.25) is 0 Å². The second kappa shape index (κ2) is 6.97. The zero-order valence-electron chi connectivity index (χ0n) is 11.5. The van der Waals surface area contributed by atoms with Gasteiger partial charge >= 0.3 is 0 Å². The summed E-state index contributed by atoms with van der Waals surface area (Å²) in [4.78, 5) is 0.